The summed E-state index contributed by atoms with van der Waals surface area (Å²) in [6.45, 7) is 7.49. The van der Waals surface area contributed by atoms with Gasteiger partial charge in [-0.05, 0) is 51.0 Å². The van der Waals surface area contributed by atoms with Crippen molar-refractivity contribution in [3.8, 4) is 0 Å². The number of anilines is 1. The number of rotatable bonds is 6. The maximum absolute atomic E-state index is 12.8. The maximum atomic E-state index is 12.8. The number of hydrogen-bond donors (Lipinski definition) is 1. The average Bonchev–Trinajstić information content (AvgIpc) is 2.56. The van der Waals surface area contributed by atoms with Crippen LogP contribution in [0.1, 0.15) is 36.6 Å². The first-order chi connectivity index (χ1) is 12.1. The molecule has 0 aliphatic heterocycles. The lowest BCUT2D eigenvalue weighted by atomic mass is 10.00. The average molecular weight is 375 g/mol. The molecule has 0 aromatic heterocycles. The standard InChI is InChI=1S/C20H26N2O3S/c1-14-11-12-15(2)19(13-14)16(3)21-20(23)17(4)22(26(5,24)25)18-9-7-6-8-10-18/h6-13,16-17H,1-5H3,(H,21,23)/t16-,17-/m0/s1. The second kappa shape index (κ2) is 7.91. The van der Waals surface area contributed by atoms with Crippen molar-refractivity contribution in [2.24, 2.45) is 0 Å². The summed E-state index contributed by atoms with van der Waals surface area (Å²) in [4.78, 5) is 12.8. The van der Waals surface area contributed by atoms with Crippen LogP contribution in [0.2, 0.25) is 0 Å². The van der Waals surface area contributed by atoms with Crippen LogP contribution in [0.4, 0.5) is 5.69 Å². The van der Waals surface area contributed by atoms with Gasteiger partial charge in [0.05, 0.1) is 18.0 Å². The van der Waals surface area contributed by atoms with Crippen LogP contribution in [0.5, 0.6) is 0 Å². The third kappa shape index (κ3) is 4.64. The fraction of sp³-hybridized carbons (Fsp3) is 0.350. The lowest BCUT2D eigenvalue weighted by Crippen LogP contribution is -2.48. The van der Waals surface area contributed by atoms with E-state index in [-0.39, 0.29) is 11.9 Å². The Morgan fingerprint density at radius 1 is 1.04 bits per heavy atom. The van der Waals surface area contributed by atoms with E-state index in [0.29, 0.717) is 5.69 Å². The first kappa shape index (κ1) is 20.0. The number of sulfonamides is 1. The number of nitrogens with zero attached hydrogens (tertiary/aromatic N) is 1. The summed E-state index contributed by atoms with van der Waals surface area (Å²) >= 11 is 0. The summed E-state index contributed by atoms with van der Waals surface area (Å²) in [7, 11) is -3.61. The summed E-state index contributed by atoms with van der Waals surface area (Å²) in [6.07, 6.45) is 1.11. The van der Waals surface area contributed by atoms with Gasteiger partial charge in [-0.1, -0.05) is 42.0 Å². The van der Waals surface area contributed by atoms with E-state index >= 15 is 0 Å². The predicted octanol–water partition coefficient (Wildman–Crippen LogP) is 3.34. The van der Waals surface area contributed by atoms with E-state index in [9.17, 15) is 13.2 Å². The van der Waals surface area contributed by atoms with Gasteiger partial charge < -0.3 is 5.32 Å². The summed E-state index contributed by atoms with van der Waals surface area (Å²) in [6, 6.07) is 13.7. The molecule has 1 amide bonds. The molecule has 26 heavy (non-hydrogen) atoms. The largest absolute Gasteiger partial charge is 0.348 e. The Balaban J connectivity index is 2.25. The van der Waals surface area contributed by atoms with Crippen molar-refractivity contribution in [3.63, 3.8) is 0 Å². The highest BCUT2D eigenvalue weighted by Gasteiger charge is 2.29. The van der Waals surface area contributed by atoms with Crippen molar-refractivity contribution in [1.29, 1.82) is 0 Å². The van der Waals surface area contributed by atoms with E-state index in [2.05, 4.69) is 5.32 Å². The Bertz CT molecular complexity index is 879. The number of aryl methyl sites for hydroxylation is 2. The minimum absolute atomic E-state index is 0.220. The quantitative estimate of drug-likeness (QED) is 0.843. The topological polar surface area (TPSA) is 66.5 Å². The van der Waals surface area contributed by atoms with Gasteiger partial charge in [-0.25, -0.2) is 8.42 Å². The zero-order chi connectivity index (χ0) is 19.5. The summed E-state index contributed by atoms with van der Waals surface area (Å²) in [5.41, 5.74) is 3.69. The van der Waals surface area contributed by atoms with Crippen molar-refractivity contribution in [2.75, 3.05) is 10.6 Å². The van der Waals surface area contributed by atoms with Gasteiger partial charge >= 0.3 is 0 Å². The van der Waals surface area contributed by atoms with Crippen molar-refractivity contribution in [3.05, 3.63) is 65.2 Å². The number of amides is 1. The number of nitrogens with one attached hydrogen (secondary N) is 1. The normalized spacial score (nSPS) is 13.7. The van der Waals surface area contributed by atoms with E-state index in [0.717, 1.165) is 27.3 Å². The molecule has 2 aromatic carbocycles. The first-order valence-electron chi connectivity index (χ1n) is 8.53. The van der Waals surface area contributed by atoms with Gasteiger partial charge in [-0.15, -0.1) is 0 Å². The molecule has 2 aromatic rings. The highest BCUT2D eigenvalue weighted by atomic mass is 32.2. The van der Waals surface area contributed by atoms with Crippen molar-refractivity contribution in [1.82, 2.24) is 5.32 Å². The van der Waals surface area contributed by atoms with Crippen LogP contribution in [0, 0.1) is 13.8 Å². The number of benzene rings is 2. The molecule has 0 saturated heterocycles. The Morgan fingerprint density at radius 3 is 2.23 bits per heavy atom. The van der Waals surface area contributed by atoms with Crippen LogP contribution in [0.15, 0.2) is 48.5 Å². The molecule has 2 rings (SSSR count). The molecule has 1 N–H and O–H groups in total. The number of hydrogen-bond acceptors (Lipinski definition) is 3. The van der Waals surface area contributed by atoms with Crippen LogP contribution in [0.3, 0.4) is 0 Å². The van der Waals surface area contributed by atoms with E-state index in [1.807, 2.05) is 39.0 Å². The van der Waals surface area contributed by atoms with Gasteiger partial charge in [-0.2, -0.15) is 0 Å². The minimum atomic E-state index is -3.61. The molecule has 0 bridgehead atoms. The summed E-state index contributed by atoms with van der Waals surface area (Å²) in [5.74, 6) is -0.340. The first-order valence-corrected chi connectivity index (χ1v) is 10.4. The fourth-order valence-corrected chi connectivity index (χ4v) is 4.20. The Kier molecular flexibility index (Phi) is 6.08. The molecule has 0 heterocycles. The third-order valence-electron chi connectivity index (χ3n) is 4.36. The molecule has 0 radical (unpaired) electrons. The van der Waals surface area contributed by atoms with Crippen LogP contribution in [-0.4, -0.2) is 26.6 Å². The predicted molar refractivity (Wildman–Crippen MR) is 106 cm³/mol. The van der Waals surface area contributed by atoms with Crippen LogP contribution < -0.4 is 9.62 Å². The molecule has 140 valence electrons. The fourth-order valence-electron chi connectivity index (χ4n) is 3.02. The summed E-state index contributed by atoms with van der Waals surface area (Å²) < 4.78 is 25.7. The molecule has 5 nitrogen and oxygen atoms in total. The molecule has 0 fully saturated rings. The zero-order valence-electron chi connectivity index (χ0n) is 15.9. The molecular weight excluding hydrogens is 348 g/mol. The van der Waals surface area contributed by atoms with Crippen LogP contribution in [-0.2, 0) is 14.8 Å². The lowest BCUT2D eigenvalue weighted by Gasteiger charge is -2.29. The SMILES string of the molecule is Cc1ccc(C)c([C@H](C)NC(=O)[C@H](C)N(c2ccccc2)S(C)(=O)=O)c1. The van der Waals surface area contributed by atoms with Gasteiger partial charge in [0.2, 0.25) is 15.9 Å². The minimum Gasteiger partial charge on any atom is -0.348 e. The van der Waals surface area contributed by atoms with Crippen LogP contribution >= 0.6 is 0 Å². The van der Waals surface area contributed by atoms with E-state index < -0.39 is 16.1 Å². The van der Waals surface area contributed by atoms with Crippen molar-refractivity contribution >= 4 is 21.6 Å². The molecule has 0 aliphatic carbocycles. The smallest absolute Gasteiger partial charge is 0.244 e. The van der Waals surface area contributed by atoms with Gasteiger partial charge in [-0.3, -0.25) is 9.10 Å². The Hall–Kier alpha value is -2.34. The van der Waals surface area contributed by atoms with E-state index in [1.165, 1.54) is 0 Å². The summed E-state index contributed by atoms with van der Waals surface area (Å²) in [5, 5.41) is 2.94. The van der Waals surface area contributed by atoms with E-state index in [1.54, 1.807) is 37.3 Å². The van der Waals surface area contributed by atoms with Gasteiger partial charge in [0.15, 0.2) is 0 Å². The van der Waals surface area contributed by atoms with Gasteiger partial charge in [0, 0.05) is 0 Å². The van der Waals surface area contributed by atoms with Crippen LogP contribution in [0.25, 0.3) is 0 Å². The van der Waals surface area contributed by atoms with Gasteiger partial charge in [0.1, 0.15) is 6.04 Å². The third-order valence-corrected chi connectivity index (χ3v) is 5.60. The van der Waals surface area contributed by atoms with Gasteiger partial charge in [0.25, 0.3) is 0 Å². The van der Waals surface area contributed by atoms with Crippen molar-refractivity contribution < 1.29 is 13.2 Å². The molecule has 0 unspecified atom stereocenters. The highest BCUT2D eigenvalue weighted by Crippen LogP contribution is 2.22. The second-order valence-corrected chi connectivity index (χ2v) is 8.52. The second-order valence-electron chi connectivity index (χ2n) is 6.66. The molecule has 2 atom stereocenters. The molecule has 6 heteroatoms. The Morgan fingerprint density at radius 2 is 1.65 bits per heavy atom. The number of carbonyl (C=O) groups is 1. The molecule has 0 spiro atoms. The maximum Gasteiger partial charge on any atom is 0.244 e. The molecular formula is C20H26N2O3S. The lowest BCUT2D eigenvalue weighted by molar-refractivity contribution is -0.122. The number of para-hydroxylation sites is 1. The number of carbonyl (C=O) groups excluding carboxylic acids is 1. The zero-order valence-corrected chi connectivity index (χ0v) is 16.7. The molecule has 0 aliphatic rings. The van der Waals surface area contributed by atoms with E-state index in [4.69, 9.17) is 0 Å². The monoisotopic (exact) mass is 374 g/mol. The highest BCUT2D eigenvalue weighted by molar-refractivity contribution is 7.92. The Labute approximate surface area is 156 Å². The van der Waals surface area contributed by atoms with Crippen molar-refractivity contribution in [2.45, 2.75) is 39.8 Å². The molecule has 0 saturated carbocycles.